The molecule has 0 heterocycles. The third-order valence-corrected chi connectivity index (χ3v) is 3.46. The number of likely N-dealkylation sites (N-methyl/N-ethyl adjacent to an activating group) is 1. The molecule has 2 rings (SSSR count). The smallest absolute Gasteiger partial charge is 0.321 e. The molecule has 2 aromatic rings. The van der Waals surface area contributed by atoms with Gasteiger partial charge in [0.2, 0.25) is 0 Å². The van der Waals surface area contributed by atoms with E-state index >= 15 is 0 Å². The summed E-state index contributed by atoms with van der Waals surface area (Å²) in [5.41, 5.74) is 3.05. The molecule has 0 amide bonds. The number of hydrogen-bond donors (Lipinski definition) is 2. The van der Waals surface area contributed by atoms with Crippen molar-refractivity contribution in [3.8, 4) is 16.9 Å². The first-order valence-corrected chi connectivity index (χ1v) is 6.78. The first kappa shape index (κ1) is 15.1. The SMILES string of the molecule is CN[C@@H](Cc1ccc(-c2ccccc2OC)cc1)C(=O)O. The minimum atomic E-state index is -0.841. The summed E-state index contributed by atoms with van der Waals surface area (Å²) in [6.45, 7) is 0. The monoisotopic (exact) mass is 285 g/mol. The molecule has 21 heavy (non-hydrogen) atoms. The number of carbonyl (C=O) groups is 1. The zero-order valence-corrected chi connectivity index (χ0v) is 12.2. The molecule has 0 saturated carbocycles. The van der Waals surface area contributed by atoms with E-state index < -0.39 is 12.0 Å². The van der Waals surface area contributed by atoms with Gasteiger partial charge < -0.3 is 15.2 Å². The van der Waals surface area contributed by atoms with Gasteiger partial charge >= 0.3 is 5.97 Å². The number of rotatable bonds is 6. The number of ether oxygens (including phenoxy) is 1. The second-order valence-electron chi connectivity index (χ2n) is 4.78. The minimum Gasteiger partial charge on any atom is -0.496 e. The van der Waals surface area contributed by atoms with E-state index in [1.807, 2.05) is 48.5 Å². The van der Waals surface area contributed by atoms with Crippen LogP contribution >= 0.6 is 0 Å². The lowest BCUT2D eigenvalue weighted by Gasteiger charge is -2.12. The van der Waals surface area contributed by atoms with Gasteiger partial charge in [0.15, 0.2) is 0 Å². The topological polar surface area (TPSA) is 58.6 Å². The highest BCUT2D eigenvalue weighted by atomic mass is 16.5. The Hall–Kier alpha value is -2.33. The summed E-state index contributed by atoms with van der Waals surface area (Å²) in [5, 5.41) is 11.9. The molecule has 4 nitrogen and oxygen atoms in total. The molecule has 0 aliphatic heterocycles. The van der Waals surface area contributed by atoms with Crippen LogP contribution in [0.15, 0.2) is 48.5 Å². The molecule has 2 aromatic carbocycles. The highest BCUT2D eigenvalue weighted by molar-refractivity contribution is 5.74. The molecule has 0 radical (unpaired) electrons. The molecule has 0 aliphatic carbocycles. The molecule has 110 valence electrons. The highest BCUT2D eigenvalue weighted by Gasteiger charge is 2.15. The average Bonchev–Trinajstić information content (AvgIpc) is 2.52. The van der Waals surface area contributed by atoms with Gasteiger partial charge in [-0.2, -0.15) is 0 Å². The zero-order valence-electron chi connectivity index (χ0n) is 12.2. The summed E-state index contributed by atoms with van der Waals surface area (Å²) in [4.78, 5) is 11.0. The van der Waals surface area contributed by atoms with Crippen molar-refractivity contribution in [1.29, 1.82) is 0 Å². The second kappa shape index (κ2) is 6.90. The first-order chi connectivity index (χ1) is 10.2. The molecule has 4 heteroatoms. The van der Waals surface area contributed by atoms with E-state index in [0.29, 0.717) is 6.42 Å². The molecule has 0 saturated heterocycles. The Morgan fingerprint density at radius 2 is 1.86 bits per heavy atom. The molecular formula is C17H19NO3. The maximum absolute atomic E-state index is 11.0. The van der Waals surface area contributed by atoms with Crippen molar-refractivity contribution in [3.63, 3.8) is 0 Å². The molecule has 0 spiro atoms. The summed E-state index contributed by atoms with van der Waals surface area (Å²) >= 11 is 0. The molecule has 1 atom stereocenters. The van der Waals surface area contributed by atoms with Crippen LogP contribution in [0.25, 0.3) is 11.1 Å². The lowest BCUT2D eigenvalue weighted by atomic mass is 10.00. The highest BCUT2D eigenvalue weighted by Crippen LogP contribution is 2.29. The van der Waals surface area contributed by atoms with Crippen molar-refractivity contribution in [2.75, 3.05) is 14.2 Å². The number of hydrogen-bond acceptors (Lipinski definition) is 3. The molecule has 0 bridgehead atoms. The summed E-state index contributed by atoms with van der Waals surface area (Å²) in [6, 6.07) is 15.1. The van der Waals surface area contributed by atoms with Gasteiger partial charge in [-0.3, -0.25) is 4.79 Å². The Bertz CT molecular complexity index is 608. The summed E-state index contributed by atoms with van der Waals surface area (Å²) < 4.78 is 5.36. The summed E-state index contributed by atoms with van der Waals surface area (Å²) in [6.07, 6.45) is 0.456. The summed E-state index contributed by atoms with van der Waals surface area (Å²) in [7, 11) is 3.31. The fourth-order valence-electron chi connectivity index (χ4n) is 2.25. The lowest BCUT2D eigenvalue weighted by molar-refractivity contribution is -0.139. The van der Waals surface area contributed by atoms with Crippen molar-refractivity contribution < 1.29 is 14.6 Å². The van der Waals surface area contributed by atoms with E-state index in [1.165, 1.54) is 0 Å². The standard InChI is InChI=1S/C17H19NO3/c1-18-15(17(19)20)11-12-7-9-13(10-8-12)14-5-3-4-6-16(14)21-2/h3-10,15,18H,11H2,1-2H3,(H,19,20)/t15-/m0/s1. The van der Waals surface area contributed by atoms with Crippen molar-refractivity contribution in [2.45, 2.75) is 12.5 Å². The van der Waals surface area contributed by atoms with Crippen LogP contribution < -0.4 is 10.1 Å². The van der Waals surface area contributed by atoms with Crippen LogP contribution in [0.5, 0.6) is 5.75 Å². The van der Waals surface area contributed by atoms with E-state index in [1.54, 1.807) is 14.2 Å². The van der Waals surface area contributed by atoms with Gasteiger partial charge in [0.1, 0.15) is 11.8 Å². The van der Waals surface area contributed by atoms with E-state index in [0.717, 1.165) is 22.4 Å². The molecule has 0 unspecified atom stereocenters. The Morgan fingerprint density at radius 1 is 1.19 bits per heavy atom. The van der Waals surface area contributed by atoms with Crippen LogP contribution in [0.1, 0.15) is 5.56 Å². The number of para-hydroxylation sites is 1. The molecule has 0 aromatic heterocycles. The van der Waals surface area contributed by atoms with Crippen molar-refractivity contribution in [2.24, 2.45) is 0 Å². The van der Waals surface area contributed by atoms with Gasteiger partial charge in [-0.1, -0.05) is 42.5 Å². The molecule has 0 aliphatic rings. The first-order valence-electron chi connectivity index (χ1n) is 6.78. The Morgan fingerprint density at radius 3 is 2.43 bits per heavy atom. The van der Waals surface area contributed by atoms with E-state index in [9.17, 15) is 4.79 Å². The zero-order chi connectivity index (χ0) is 15.2. The number of carboxylic acids is 1. The van der Waals surface area contributed by atoms with Gasteiger partial charge in [-0.25, -0.2) is 0 Å². The third-order valence-electron chi connectivity index (χ3n) is 3.46. The predicted octanol–water partition coefficient (Wildman–Crippen LogP) is 2.58. The number of benzene rings is 2. The van der Waals surface area contributed by atoms with Crippen LogP contribution in [0.3, 0.4) is 0 Å². The quantitative estimate of drug-likeness (QED) is 0.856. The average molecular weight is 285 g/mol. The summed E-state index contributed by atoms with van der Waals surface area (Å²) in [5.74, 6) is -0.0183. The normalized spacial score (nSPS) is 11.9. The van der Waals surface area contributed by atoms with Crippen LogP contribution in [-0.2, 0) is 11.2 Å². The predicted molar refractivity (Wildman–Crippen MR) is 82.6 cm³/mol. The van der Waals surface area contributed by atoms with Gasteiger partial charge in [0, 0.05) is 5.56 Å². The van der Waals surface area contributed by atoms with Gasteiger partial charge in [-0.05, 0) is 30.7 Å². The van der Waals surface area contributed by atoms with E-state index in [4.69, 9.17) is 9.84 Å². The number of methoxy groups -OCH3 is 1. The second-order valence-corrected chi connectivity index (χ2v) is 4.78. The van der Waals surface area contributed by atoms with Gasteiger partial charge in [-0.15, -0.1) is 0 Å². The molecule has 2 N–H and O–H groups in total. The fraction of sp³-hybridized carbons (Fsp3) is 0.235. The Balaban J connectivity index is 2.21. The van der Waals surface area contributed by atoms with Gasteiger partial charge in [0.05, 0.1) is 7.11 Å². The van der Waals surface area contributed by atoms with Gasteiger partial charge in [0.25, 0.3) is 0 Å². The van der Waals surface area contributed by atoms with E-state index in [2.05, 4.69) is 5.32 Å². The maximum atomic E-state index is 11.0. The number of nitrogens with one attached hydrogen (secondary N) is 1. The van der Waals surface area contributed by atoms with Crippen molar-refractivity contribution in [3.05, 3.63) is 54.1 Å². The van der Waals surface area contributed by atoms with Crippen LogP contribution in [0.2, 0.25) is 0 Å². The third kappa shape index (κ3) is 3.61. The lowest BCUT2D eigenvalue weighted by Crippen LogP contribution is -2.35. The maximum Gasteiger partial charge on any atom is 0.321 e. The minimum absolute atomic E-state index is 0.456. The van der Waals surface area contributed by atoms with E-state index in [-0.39, 0.29) is 0 Å². The van der Waals surface area contributed by atoms with Crippen molar-refractivity contribution >= 4 is 5.97 Å². The largest absolute Gasteiger partial charge is 0.496 e. The van der Waals surface area contributed by atoms with Crippen molar-refractivity contribution in [1.82, 2.24) is 5.32 Å². The number of aliphatic carboxylic acids is 1. The van der Waals surface area contributed by atoms with Crippen LogP contribution in [-0.4, -0.2) is 31.3 Å². The molecule has 0 fully saturated rings. The Labute approximate surface area is 124 Å². The number of carboxylic acid groups (broad SMARTS) is 1. The fourth-order valence-corrected chi connectivity index (χ4v) is 2.25. The molecular weight excluding hydrogens is 266 g/mol. The Kier molecular flexibility index (Phi) is 4.95. The van der Waals surface area contributed by atoms with Crippen LogP contribution in [0.4, 0.5) is 0 Å². The van der Waals surface area contributed by atoms with Crippen LogP contribution in [0, 0.1) is 0 Å².